The van der Waals surface area contributed by atoms with Crippen LogP contribution >= 0.6 is 0 Å². The van der Waals surface area contributed by atoms with Crippen LogP contribution in [0.3, 0.4) is 0 Å². The van der Waals surface area contributed by atoms with E-state index in [1.807, 2.05) is 0 Å². The molecule has 1 N–H and O–H groups in total. The Kier molecular flexibility index (Phi) is 6.79. The van der Waals surface area contributed by atoms with Gasteiger partial charge >= 0.3 is 12.0 Å². The van der Waals surface area contributed by atoms with Crippen molar-refractivity contribution in [1.29, 1.82) is 0 Å². The fourth-order valence-electron chi connectivity index (χ4n) is 2.15. The first-order valence-electron chi connectivity index (χ1n) is 6.67. The van der Waals surface area contributed by atoms with Gasteiger partial charge in [-0.1, -0.05) is 12.2 Å². The maximum Gasteiger partial charge on any atom is 0.329 e. The molecule has 1 aliphatic rings. The van der Waals surface area contributed by atoms with Crippen LogP contribution < -0.4 is 0 Å². The number of carbonyl (C=O) groups excluding carboxylic acids is 1. The van der Waals surface area contributed by atoms with E-state index in [2.05, 4.69) is 13.2 Å². The summed E-state index contributed by atoms with van der Waals surface area (Å²) in [7, 11) is 0. The lowest BCUT2D eigenvalue weighted by atomic mass is 10.1. The molecule has 0 spiro atoms. The first-order valence-corrected chi connectivity index (χ1v) is 6.67. The number of carbonyl (C=O) groups is 2. The van der Waals surface area contributed by atoms with Gasteiger partial charge in [-0.2, -0.15) is 0 Å². The Morgan fingerprint density at radius 3 is 2.25 bits per heavy atom. The number of amides is 2. The number of aliphatic carboxylic acids is 1. The Hall–Kier alpha value is -1.82. The molecular formula is C14H22N2O4. The van der Waals surface area contributed by atoms with Gasteiger partial charge < -0.3 is 19.6 Å². The molecule has 0 bridgehead atoms. The standard InChI is InChI=1S/C14H22N2O4/c1-3-7-15(8-4-2)14(19)16-9-5-12(6-10-16)20-11-13(17)18/h3-4,12H,1-2,5-11H2,(H,17,18). The summed E-state index contributed by atoms with van der Waals surface area (Å²) in [6, 6.07) is -0.0403. The van der Waals surface area contributed by atoms with Crippen molar-refractivity contribution < 1.29 is 19.4 Å². The van der Waals surface area contributed by atoms with E-state index in [1.165, 1.54) is 0 Å². The first-order chi connectivity index (χ1) is 9.58. The van der Waals surface area contributed by atoms with Gasteiger partial charge in [-0.25, -0.2) is 9.59 Å². The van der Waals surface area contributed by atoms with E-state index in [-0.39, 0.29) is 18.7 Å². The van der Waals surface area contributed by atoms with Gasteiger partial charge in [-0.3, -0.25) is 0 Å². The zero-order valence-corrected chi connectivity index (χ0v) is 11.7. The molecule has 20 heavy (non-hydrogen) atoms. The smallest absolute Gasteiger partial charge is 0.329 e. The molecule has 0 aromatic carbocycles. The van der Waals surface area contributed by atoms with Crippen molar-refractivity contribution in [2.24, 2.45) is 0 Å². The third-order valence-electron chi connectivity index (χ3n) is 3.12. The second kappa shape index (κ2) is 8.37. The van der Waals surface area contributed by atoms with E-state index in [4.69, 9.17) is 9.84 Å². The van der Waals surface area contributed by atoms with E-state index in [0.717, 1.165) is 0 Å². The summed E-state index contributed by atoms with van der Waals surface area (Å²) in [6.45, 7) is 9.13. The summed E-state index contributed by atoms with van der Waals surface area (Å²) in [4.78, 5) is 26.1. The number of nitrogens with zero attached hydrogens (tertiary/aromatic N) is 2. The van der Waals surface area contributed by atoms with Crippen LogP contribution in [0.2, 0.25) is 0 Å². The zero-order chi connectivity index (χ0) is 15.0. The van der Waals surface area contributed by atoms with Crippen LogP contribution in [0.4, 0.5) is 4.79 Å². The molecule has 1 rings (SSSR count). The fourth-order valence-corrected chi connectivity index (χ4v) is 2.15. The molecule has 0 aromatic heterocycles. The maximum absolute atomic E-state index is 12.3. The average molecular weight is 282 g/mol. The molecule has 0 radical (unpaired) electrons. The van der Waals surface area contributed by atoms with E-state index in [1.54, 1.807) is 22.0 Å². The van der Waals surface area contributed by atoms with E-state index in [9.17, 15) is 9.59 Å². The molecule has 0 atom stereocenters. The van der Waals surface area contributed by atoms with Crippen LogP contribution in [0, 0.1) is 0 Å². The van der Waals surface area contributed by atoms with Gasteiger partial charge in [-0.15, -0.1) is 13.2 Å². The number of ether oxygens (including phenoxy) is 1. The number of hydrogen-bond donors (Lipinski definition) is 1. The summed E-state index contributed by atoms with van der Waals surface area (Å²) in [5.41, 5.74) is 0. The molecule has 1 aliphatic heterocycles. The van der Waals surface area contributed by atoms with E-state index in [0.29, 0.717) is 39.0 Å². The Morgan fingerprint density at radius 1 is 1.25 bits per heavy atom. The lowest BCUT2D eigenvalue weighted by Gasteiger charge is -2.35. The summed E-state index contributed by atoms with van der Waals surface area (Å²) >= 11 is 0. The normalized spacial score (nSPS) is 15.7. The number of hydrogen-bond acceptors (Lipinski definition) is 3. The van der Waals surface area contributed by atoms with Crippen LogP contribution in [0.25, 0.3) is 0 Å². The molecule has 0 saturated carbocycles. The molecular weight excluding hydrogens is 260 g/mol. The largest absolute Gasteiger partial charge is 0.480 e. The highest BCUT2D eigenvalue weighted by Crippen LogP contribution is 2.15. The van der Waals surface area contributed by atoms with Crippen LogP contribution in [-0.2, 0) is 9.53 Å². The Bertz CT molecular complexity index is 352. The molecule has 6 nitrogen and oxygen atoms in total. The Labute approximate surface area is 119 Å². The second-order valence-corrected chi connectivity index (χ2v) is 4.66. The van der Waals surface area contributed by atoms with Crippen molar-refractivity contribution in [2.75, 3.05) is 32.8 Å². The molecule has 112 valence electrons. The monoisotopic (exact) mass is 282 g/mol. The predicted octanol–water partition coefficient (Wildman–Crippen LogP) is 1.35. The zero-order valence-electron chi connectivity index (χ0n) is 11.7. The predicted molar refractivity (Wildman–Crippen MR) is 75.5 cm³/mol. The maximum atomic E-state index is 12.3. The average Bonchev–Trinajstić information content (AvgIpc) is 2.44. The van der Waals surface area contributed by atoms with Gasteiger partial charge in [-0.05, 0) is 12.8 Å². The number of likely N-dealkylation sites (tertiary alicyclic amines) is 1. The first kappa shape index (κ1) is 16.2. The second-order valence-electron chi connectivity index (χ2n) is 4.66. The number of carboxylic acids is 1. The van der Waals surface area contributed by atoms with Crippen LogP contribution in [-0.4, -0.2) is 65.8 Å². The van der Waals surface area contributed by atoms with E-state index < -0.39 is 5.97 Å². The minimum absolute atomic E-state index is 0.0403. The summed E-state index contributed by atoms with van der Waals surface area (Å²) in [5, 5.41) is 8.56. The van der Waals surface area contributed by atoms with Gasteiger partial charge in [0.25, 0.3) is 0 Å². The highest BCUT2D eigenvalue weighted by molar-refractivity contribution is 5.75. The summed E-state index contributed by atoms with van der Waals surface area (Å²) in [6.07, 6.45) is 4.61. The van der Waals surface area contributed by atoms with Crippen molar-refractivity contribution in [3.63, 3.8) is 0 Å². The third kappa shape index (κ3) is 5.05. The molecule has 2 amide bonds. The minimum atomic E-state index is -0.966. The van der Waals surface area contributed by atoms with Gasteiger partial charge in [0, 0.05) is 26.2 Å². The number of carboxylic acid groups (broad SMARTS) is 1. The number of urea groups is 1. The van der Waals surface area contributed by atoms with Crippen LogP contribution in [0.5, 0.6) is 0 Å². The highest BCUT2D eigenvalue weighted by Gasteiger charge is 2.26. The summed E-state index contributed by atoms with van der Waals surface area (Å²) in [5.74, 6) is -0.966. The SMILES string of the molecule is C=CCN(CC=C)C(=O)N1CCC(OCC(=O)O)CC1. The molecule has 1 fully saturated rings. The van der Waals surface area contributed by atoms with Crippen LogP contribution in [0.1, 0.15) is 12.8 Å². The topological polar surface area (TPSA) is 70.1 Å². The van der Waals surface area contributed by atoms with Gasteiger partial charge in [0.15, 0.2) is 0 Å². The number of piperidine rings is 1. The Morgan fingerprint density at radius 2 is 1.80 bits per heavy atom. The van der Waals surface area contributed by atoms with Crippen molar-refractivity contribution >= 4 is 12.0 Å². The molecule has 0 aromatic rings. The van der Waals surface area contributed by atoms with Gasteiger partial charge in [0.1, 0.15) is 6.61 Å². The quantitative estimate of drug-likeness (QED) is 0.715. The highest BCUT2D eigenvalue weighted by atomic mass is 16.5. The van der Waals surface area contributed by atoms with Crippen LogP contribution in [0.15, 0.2) is 25.3 Å². The molecule has 1 heterocycles. The van der Waals surface area contributed by atoms with Gasteiger partial charge in [0.2, 0.25) is 0 Å². The third-order valence-corrected chi connectivity index (χ3v) is 3.12. The lowest BCUT2D eigenvalue weighted by molar-refractivity contribution is -0.145. The fraction of sp³-hybridized carbons (Fsp3) is 0.571. The molecule has 0 aliphatic carbocycles. The van der Waals surface area contributed by atoms with Crippen molar-refractivity contribution in [3.8, 4) is 0 Å². The van der Waals surface area contributed by atoms with Crippen molar-refractivity contribution in [1.82, 2.24) is 9.80 Å². The van der Waals surface area contributed by atoms with Crippen molar-refractivity contribution in [3.05, 3.63) is 25.3 Å². The van der Waals surface area contributed by atoms with E-state index >= 15 is 0 Å². The minimum Gasteiger partial charge on any atom is -0.480 e. The lowest BCUT2D eigenvalue weighted by Crippen LogP contribution is -2.48. The number of rotatable bonds is 7. The molecule has 0 unspecified atom stereocenters. The molecule has 1 saturated heterocycles. The summed E-state index contributed by atoms with van der Waals surface area (Å²) < 4.78 is 5.24. The molecule has 6 heteroatoms. The van der Waals surface area contributed by atoms with Gasteiger partial charge in [0.05, 0.1) is 6.10 Å². The van der Waals surface area contributed by atoms with Crippen molar-refractivity contribution in [2.45, 2.75) is 18.9 Å². The Balaban J connectivity index is 2.42.